The Kier molecular flexibility index (Phi) is 9.39. The molecule has 35 heavy (non-hydrogen) atoms. The molecule has 0 aliphatic heterocycles. The molecule has 3 aromatic carbocycles. The number of carbonyl (C=O) groups is 2. The van der Waals surface area contributed by atoms with Crippen LogP contribution in [-0.4, -0.2) is 30.1 Å². The molecule has 0 bridgehead atoms. The molecule has 0 atom stereocenters. The highest BCUT2D eigenvalue weighted by Crippen LogP contribution is 2.27. The van der Waals surface area contributed by atoms with Crippen molar-refractivity contribution >= 4 is 56.4 Å². The van der Waals surface area contributed by atoms with Crippen LogP contribution in [0.5, 0.6) is 5.75 Å². The lowest BCUT2D eigenvalue weighted by atomic mass is 10.1. The second-order valence-electron chi connectivity index (χ2n) is 8.19. The molecule has 0 unspecified atom stereocenters. The largest absolute Gasteiger partial charge is 0.492 e. The Bertz CT molecular complexity index is 1200. The van der Waals surface area contributed by atoms with E-state index in [1.165, 1.54) is 0 Å². The van der Waals surface area contributed by atoms with Crippen LogP contribution in [0.1, 0.15) is 41.5 Å². The van der Waals surface area contributed by atoms with Gasteiger partial charge in [-0.1, -0.05) is 44.2 Å². The smallest absolute Gasteiger partial charge is 0.260 e. The van der Waals surface area contributed by atoms with E-state index in [4.69, 9.17) is 17.0 Å². The molecule has 8 heteroatoms. The summed E-state index contributed by atoms with van der Waals surface area (Å²) in [5.41, 5.74) is 2.18. The maximum Gasteiger partial charge on any atom is 0.260 e. The van der Waals surface area contributed by atoms with E-state index in [-0.39, 0.29) is 16.9 Å². The zero-order chi connectivity index (χ0) is 25.4. The molecular weight excluding hydrogens is 526 g/mol. The summed E-state index contributed by atoms with van der Waals surface area (Å²) in [6.45, 7) is 7.14. The molecule has 0 radical (unpaired) electrons. The Labute approximate surface area is 219 Å². The fraction of sp³-hybridized carbons (Fsp3) is 0.222. The number of amides is 2. The van der Waals surface area contributed by atoms with Crippen molar-refractivity contribution < 1.29 is 14.3 Å². The van der Waals surface area contributed by atoms with Crippen LogP contribution < -0.4 is 20.3 Å². The molecular formula is C27H28BrN3O3S. The number of benzene rings is 3. The summed E-state index contributed by atoms with van der Waals surface area (Å²) >= 11 is 8.83. The molecule has 0 aliphatic carbocycles. The fourth-order valence-corrected chi connectivity index (χ4v) is 4.02. The Balaban J connectivity index is 1.70. The average Bonchev–Trinajstić information content (AvgIpc) is 2.84. The van der Waals surface area contributed by atoms with Gasteiger partial charge in [0.15, 0.2) is 5.11 Å². The summed E-state index contributed by atoms with van der Waals surface area (Å²) in [5.74, 6) is 0.515. The lowest BCUT2D eigenvalue weighted by molar-refractivity contribution is 0.0974. The summed E-state index contributed by atoms with van der Waals surface area (Å²) in [6, 6.07) is 21.6. The zero-order valence-electron chi connectivity index (χ0n) is 19.9. The monoisotopic (exact) mass is 553 g/mol. The van der Waals surface area contributed by atoms with Gasteiger partial charge in [-0.15, -0.1) is 0 Å². The molecule has 0 heterocycles. The number of hydrogen-bond donors (Lipinski definition) is 2. The molecule has 0 aliphatic rings. The number of nitrogens with zero attached hydrogens (tertiary/aromatic N) is 1. The maximum atomic E-state index is 13.3. The van der Waals surface area contributed by atoms with Crippen LogP contribution in [0.25, 0.3) is 0 Å². The first-order valence-corrected chi connectivity index (χ1v) is 12.5. The number of ether oxygens (including phenoxy) is 1. The first-order valence-electron chi connectivity index (χ1n) is 11.3. The van der Waals surface area contributed by atoms with Crippen LogP contribution in [0.15, 0.2) is 77.3 Å². The Hall–Kier alpha value is -3.23. The number of rotatable bonds is 8. The van der Waals surface area contributed by atoms with Crippen LogP contribution in [0.3, 0.4) is 0 Å². The third-order valence-corrected chi connectivity index (χ3v) is 5.85. The Morgan fingerprint density at radius 1 is 1.03 bits per heavy atom. The van der Waals surface area contributed by atoms with E-state index in [9.17, 15) is 9.59 Å². The van der Waals surface area contributed by atoms with Crippen molar-refractivity contribution in [3.8, 4) is 5.75 Å². The number of para-hydroxylation sites is 2. The molecule has 3 rings (SSSR count). The topological polar surface area (TPSA) is 70.7 Å². The first-order chi connectivity index (χ1) is 16.8. The van der Waals surface area contributed by atoms with E-state index in [1.54, 1.807) is 47.4 Å². The van der Waals surface area contributed by atoms with Gasteiger partial charge in [0.1, 0.15) is 5.75 Å². The predicted octanol–water partition coefficient (Wildman–Crippen LogP) is 6.28. The lowest BCUT2D eigenvalue weighted by Gasteiger charge is -2.23. The molecule has 0 spiro atoms. The van der Waals surface area contributed by atoms with Gasteiger partial charge in [-0.2, -0.15) is 0 Å². The summed E-state index contributed by atoms with van der Waals surface area (Å²) in [4.78, 5) is 27.8. The second kappa shape index (κ2) is 12.5. The highest BCUT2D eigenvalue weighted by atomic mass is 79.9. The van der Waals surface area contributed by atoms with Crippen LogP contribution in [0.2, 0.25) is 0 Å². The molecule has 0 fully saturated rings. The quantitative estimate of drug-likeness (QED) is 0.321. The van der Waals surface area contributed by atoms with E-state index < -0.39 is 0 Å². The van der Waals surface area contributed by atoms with Crippen molar-refractivity contribution in [2.24, 2.45) is 5.92 Å². The molecule has 0 aromatic heterocycles. The van der Waals surface area contributed by atoms with Crippen molar-refractivity contribution in [3.05, 3.63) is 88.4 Å². The Morgan fingerprint density at radius 2 is 1.71 bits per heavy atom. The van der Waals surface area contributed by atoms with Crippen LogP contribution in [0, 0.1) is 5.92 Å². The van der Waals surface area contributed by atoms with Crippen molar-refractivity contribution in [2.45, 2.75) is 20.8 Å². The van der Waals surface area contributed by atoms with Gasteiger partial charge in [0, 0.05) is 17.8 Å². The van der Waals surface area contributed by atoms with Gasteiger partial charge in [0.25, 0.3) is 11.8 Å². The second-order valence-corrected chi connectivity index (χ2v) is 9.45. The van der Waals surface area contributed by atoms with E-state index in [1.807, 2.05) is 37.3 Å². The number of anilines is 2. The minimum atomic E-state index is -0.373. The lowest BCUT2D eigenvalue weighted by Crippen LogP contribution is -2.35. The zero-order valence-corrected chi connectivity index (χ0v) is 22.3. The van der Waals surface area contributed by atoms with Crippen LogP contribution in [-0.2, 0) is 0 Å². The first kappa shape index (κ1) is 26.4. The fourth-order valence-electron chi connectivity index (χ4n) is 3.32. The van der Waals surface area contributed by atoms with E-state index in [0.717, 1.165) is 5.69 Å². The molecule has 0 saturated carbocycles. The normalized spacial score (nSPS) is 10.5. The molecule has 3 aromatic rings. The van der Waals surface area contributed by atoms with E-state index in [0.29, 0.717) is 46.1 Å². The van der Waals surface area contributed by atoms with Gasteiger partial charge in [0.05, 0.1) is 22.3 Å². The summed E-state index contributed by atoms with van der Waals surface area (Å²) in [7, 11) is 0. The van der Waals surface area contributed by atoms with Gasteiger partial charge >= 0.3 is 0 Å². The SMILES string of the molecule is CCN(C(=O)c1ccccc1NC(=S)NC(=O)c1ccc(OCC(C)C)c(Br)c1)c1ccccc1. The average molecular weight is 555 g/mol. The summed E-state index contributed by atoms with van der Waals surface area (Å²) < 4.78 is 6.42. The van der Waals surface area contributed by atoms with Crippen molar-refractivity contribution in [3.63, 3.8) is 0 Å². The number of carbonyl (C=O) groups excluding carboxylic acids is 2. The maximum absolute atomic E-state index is 13.3. The van der Waals surface area contributed by atoms with Gasteiger partial charge < -0.3 is 15.0 Å². The third-order valence-electron chi connectivity index (χ3n) is 5.03. The van der Waals surface area contributed by atoms with Gasteiger partial charge in [-0.3, -0.25) is 14.9 Å². The third kappa shape index (κ3) is 7.13. The van der Waals surface area contributed by atoms with Crippen LogP contribution >= 0.6 is 28.1 Å². The van der Waals surface area contributed by atoms with Crippen molar-refractivity contribution in [2.75, 3.05) is 23.4 Å². The highest BCUT2D eigenvalue weighted by molar-refractivity contribution is 9.10. The summed E-state index contributed by atoms with van der Waals surface area (Å²) in [6.07, 6.45) is 0. The number of halogens is 1. The van der Waals surface area contributed by atoms with Crippen molar-refractivity contribution in [1.29, 1.82) is 0 Å². The minimum Gasteiger partial charge on any atom is -0.492 e. The molecule has 0 saturated heterocycles. The van der Waals surface area contributed by atoms with Crippen molar-refractivity contribution in [1.82, 2.24) is 5.32 Å². The summed E-state index contributed by atoms with van der Waals surface area (Å²) in [5, 5.41) is 5.77. The molecule has 2 N–H and O–H groups in total. The number of thiocarbonyl (C=S) groups is 1. The van der Waals surface area contributed by atoms with E-state index in [2.05, 4.69) is 40.4 Å². The predicted molar refractivity (Wildman–Crippen MR) is 148 cm³/mol. The van der Waals surface area contributed by atoms with Gasteiger partial charge in [-0.05, 0) is 83.5 Å². The molecule has 182 valence electrons. The van der Waals surface area contributed by atoms with E-state index >= 15 is 0 Å². The number of hydrogen-bond acceptors (Lipinski definition) is 4. The Morgan fingerprint density at radius 3 is 2.37 bits per heavy atom. The highest BCUT2D eigenvalue weighted by Gasteiger charge is 2.20. The minimum absolute atomic E-state index is 0.0919. The number of nitrogens with one attached hydrogen (secondary N) is 2. The standard InChI is InChI=1S/C27H28BrN3O3S/c1-4-31(20-10-6-5-7-11-20)26(33)21-12-8-9-13-23(21)29-27(35)30-25(32)19-14-15-24(22(28)16-19)34-17-18(2)3/h5-16,18H,4,17H2,1-3H3,(H2,29,30,32,35). The molecule has 2 amide bonds. The molecule has 6 nitrogen and oxygen atoms in total. The van der Waals surface area contributed by atoms with Gasteiger partial charge in [-0.25, -0.2) is 0 Å². The van der Waals surface area contributed by atoms with Gasteiger partial charge in [0.2, 0.25) is 0 Å². The van der Waals surface area contributed by atoms with Crippen LogP contribution in [0.4, 0.5) is 11.4 Å².